The van der Waals surface area contributed by atoms with Gasteiger partial charge in [-0.15, -0.1) is 0 Å². The highest BCUT2D eigenvalue weighted by molar-refractivity contribution is 5.99. The second kappa shape index (κ2) is 17.8. The molecule has 48 heavy (non-hydrogen) atoms. The monoisotopic (exact) mass is 657 g/mol. The Bertz CT molecular complexity index is 1510. The predicted octanol–water partition coefficient (Wildman–Crippen LogP) is 2.59. The minimum Gasteiger partial charge on any atom is -0.354 e. The summed E-state index contributed by atoms with van der Waals surface area (Å²) in [5.41, 5.74) is 2.06. The fourth-order valence-electron chi connectivity index (χ4n) is 5.52. The lowest BCUT2D eigenvalue weighted by atomic mass is 10.0. The van der Waals surface area contributed by atoms with Gasteiger partial charge in [0, 0.05) is 57.0 Å². The van der Waals surface area contributed by atoms with E-state index in [9.17, 15) is 24.0 Å². The maximum absolute atomic E-state index is 13.7. The van der Waals surface area contributed by atoms with E-state index in [0.29, 0.717) is 51.0 Å². The van der Waals surface area contributed by atoms with E-state index in [0.717, 1.165) is 11.1 Å². The van der Waals surface area contributed by atoms with Crippen molar-refractivity contribution in [2.75, 3.05) is 13.1 Å². The summed E-state index contributed by atoms with van der Waals surface area (Å²) in [5, 5.41) is 15.5. The zero-order valence-corrected chi connectivity index (χ0v) is 28.0. The van der Waals surface area contributed by atoms with Crippen molar-refractivity contribution in [1.82, 2.24) is 35.9 Å². The average Bonchev–Trinajstić information content (AvgIpc) is 3.59. The van der Waals surface area contributed by atoms with Crippen molar-refractivity contribution < 1.29 is 24.0 Å². The van der Waals surface area contributed by atoms with Gasteiger partial charge in [-0.05, 0) is 61.4 Å². The second-order valence-electron chi connectivity index (χ2n) is 12.7. The van der Waals surface area contributed by atoms with Gasteiger partial charge in [-0.2, -0.15) is 5.10 Å². The minimum absolute atomic E-state index is 0.0307. The smallest absolute Gasteiger partial charge is 0.251 e. The van der Waals surface area contributed by atoms with Gasteiger partial charge in [-0.3, -0.25) is 28.7 Å². The Morgan fingerprint density at radius 2 is 1.60 bits per heavy atom. The molecular formula is C36H47N7O5. The molecule has 5 amide bonds. The number of benzene rings is 2. The highest BCUT2D eigenvalue weighted by atomic mass is 16.2. The molecule has 0 aliphatic carbocycles. The van der Waals surface area contributed by atoms with Crippen molar-refractivity contribution in [3.63, 3.8) is 0 Å². The zero-order chi connectivity index (χ0) is 34.5. The number of amides is 5. The molecule has 2 aliphatic rings. The summed E-state index contributed by atoms with van der Waals surface area (Å²) in [6.07, 6.45) is 5.60. The third-order valence-corrected chi connectivity index (χ3v) is 8.21. The molecule has 0 saturated carbocycles. The molecule has 2 aliphatic heterocycles. The normalized spacial score (nSPS) is 20.3. The number of aromatic nitrogens is 2. The van der Waals surface area contributed by atoms with Crippen molar-refractivity contribution >= 4 is 29.5 Å². The molecular weight excluding hydrogens is 610 g/mol. The topological polar surface area (TPSA) is 155 Å². The van der Waals surface area contributed by atoms with Crippen LogP contribution in [-0.4, -0.2) is 75.4 Å². The number of hydrogen-bond acceptors (Lipinski definition) is 6. The van der Waals surface area contributed by atoms with E-state index < -0.39 is 35.8 Å². The van der Waals surface area contributed by atoms with E-state index >= 15 is 0 Å². The van der Waals surface area contributed by atoms with E-state index in [1.165, 1.54) is 0 Å². The molecule has 12 nitrogen and oxygen atoms in total. The molecule has 0 fully saturated rings. The van der Waals surface area contributed by atoms with Crippen molar-refractivity contribution in [3.05, 3.63) is 89.7 Å². The van der Waals surface area contributed by atoms with Crippen LogP contribution < -0.4 is 21.3 Å². The highest BCUT2D eigenvalue weighted by Gasteiger charge is 2.29. The van der Waals surface area contributed by atoms with Crippen LogP contribution in [0.4, 0.5) is 0 Å². The first-order chi connectivity index (χ1) is 23.1. The fraction of sp³-hybridized carbons (Fsp3) is 0.444. The third kappa shape index (κ3) is 11.1. The molecule has 1 aromatic heterocycles. The quantitative estimate of drug-likeness (QED) is 0.287. The van der Waals surface area contributed by atoms with E-state index in [1.54, 1.807) is 34.8 Å². The van der Waals surface area contributed by atoms with Crippen molar-refractivity contribution in [2.24, 2.45) is 5.92 Å². The van der Waals surface area contributed by atoms with Crippen LogP contribution in [0.2, 0.25) is 0 Å². The van der Waals surface area contributed by atoms with Gasteiger partial charge in [0.15, 0.2) is 0 Å². The Morgan fingerprint density at radius 3 is 2.29 bits per heavy atom. The molecule has 2 bridgehead atoms. The van der Waals surface area contributed by atoms with Gasteiger partial charge in [0.1, 0.15) is 18.1 Å². The molecule has 4 N–H and O–H groups in total. The predicted molar refractivity (Wildman–Crippen MR) is 181 cm³/mol. The largest absolute Gasteiger partial charge is 0.354 e. The lowest BCUT2D eigenvalue weighted by Crippen LogP contribution is -2.57. The molecule has 5 rings (SSSR count). The van der Waals surface area contributed by atoms with Gasteiger partial charge >= 0.3 is 0 Å². The number of hydrogen-bond donors (Lipinski definition) is 4. The number of nitrogens with zero attached hydrogens (tertiary/aromatic N) is 3. The summed E-state index contributed by atoms with van der Waals surface area (Å²) >= 11 is 0. The van der Waals surface area contributed by atoms with Crippen LogP contribution in [0, 0.1) is 5.92 Å². The highest BCUT2D eigenvalue weighted by Crippen LogP contribution is 2.13. The van der Waals surface area contributed by atoms with Crippen LogP contribution in [-0.2, 0) is 38.7 Å². The van der Waals surface area contributed by atoms with Crippen molar-refractivity contribution in [3.8, 4) is 0 Å². The van der Waals surface area contributed by atoms with Crippen molar-refractivity contribution in [2.45, 2.75) is 84.1 Å². The van der Waals surface area contributed by atoms with Gasteiger partial charge < -0.3 is 26.2 Å². The van der Waals surface area contributed by atoms with E-state index in [2.05, 4.69) is 26.4 Å². The maximum atomic E-state index is 13.7. The second-order valence-corrected chi connectivity index (χ2v) is 12.7. The van der Waals surface area contributed by atoms with Crippen LogP contribution in [0.5, 0.6) is 0 Å². The van der Waals surface area contributed by atoms with Crippen LogP contribution in [0.3, 0.4) is 0 Å². The van der Waals surface area contributed by atoms with E-state index in [4.69, 9.17) is 0 Å². The molecule has 3 atom stereocenters. The van der Waals surface area contributed by atoms with Gasteiger partial charge in [0.05, 0.1) is 0 Å². The van der Waals surface area contributed by atoms with Crippen LogP contribution in [0.1, 0.15) is 67.9 Å². The Kier molecular flexibility index (Phi) is 13.3. The molecule has 2 aromatic carbocycles. The summed E-state index contributed by atoms with van der Waals surface area (Å²) in [5.74, 6) is -1.72. The van der Waals surface area contributed by atoms with Gasteiger partial charge in [-0.25, -0.2) is 0 Å². The number of nitrogens with one attached hydrogen (secondary N) is 4. The lowest BCUT2D eigenvalue weighted by molar-refractivity contribution is -0.132. The number of fused-ring (bicyclic) bond motifs is 18. The van der Waals surface area contributed by atoms with Crippen LogP contribution in [0.15, 0.2) is 73.1 Å². The zero-order valence-electron chi connectivity index (χ0n) is 28.0. The number of carbonyl (C=O) groups excluding carboxylic acids is 5. The van der Waals surface area contributed by atoms with E-state index in [1.807, 2.05) is 68.6 Å². The first-order valence-electron chi connectivity index (χ1n) is 16.7. The van der Waals surface area contributed by atoms with Crippen LogP contribution in [0.25, 0.3) is 0 Å². The summed E-state index contributed by atoms with van der Waals surface area (Å²) in [7, 11) is 0. The molecule has 256 valence electrons. The molecule has 0 spiro atoms. The average molecular weight is 658 g/mol. The van der Waals surface area contributed by atoms with E-state index in [-0.39, 0.29) is 30.6 Å². The first kappa shape index (κ1) is 35.8. The molecule has 3 aromatic rings. The number of carbonyl (C=O) groups is 5. The Labute approximate surface area is 282 Å². The Hall–Kier alpha value is -5.00. The number of rotatable bonds is 7. The maximum Gasteiger partial charge on any atom is 0.251 e. The van der Waals surface area contributed by atoms with Gasteiger partial charge in [0.25, 0.3) is 5.91 Å². The summed E-state index contributed by atoms with van der Waals surface area (Å²) in [6, 6.07) is 15.4. The third-order valence-electron chi connectivity index (χ3n) is 8.21. The summed E-state index contributed by atoms with van der Waals surface area (Å²) in [6.45, 7) is 7.15. The van der Waals surface area contributed by atoms with Crippen molar-refractivity contribution in [1.29, 1.82) is 0 Å². The first-order valence-corrected chi connectivity index (χ1v) is 16.7. The summed E-state index contributed by atoms with van der Waals surface area (Å²) < 4.78 is 1.71. The Balaban J connectivity index is 1.57. The molecule has 12 heteroatoms. The molecule has 0 unspecified atom stereocenters. The molecule has 0 radical (unpaired) electrons. The molecule has 0 saturated heterocycles. The molecule has 3 heterocycles. The SMILES string of the molecule is CC(C)C[C@@H]1NC(=O)[C@@H](Cc2ccccc2)NC(=O)c2ccc(cc2)CN(C(=O)CCn2cccn2)CCCCNC(=O)[C@@H](C)NC1=O. The number of aryl methyl sites for hydroxylation is 1. The Morgan fingerprint density at radius 1 is 0.875 bits per heavy atom. The summed E-state index contributed by atoms with van der Waals surface area (Å²) in [4.78, 5) is 68.5. The minimum atomic E-state index is -0.972. The lowest BCUT2D eigenvalue weighted by Gasteiger charge is -2.25. The van der Waals surface area contributed by atoms with Crippen LogP contribution >= 0.6 is 0 Å². The fourth-order valence-corrected chi connectivity index (χ4v) is 5.52. The van der Waals surface area contributed by atoms with Gasteiger partial charge in [-0.1, -0.05) is 56.3 Å². The van der Waals surface area contributed by atoms with Gasteiger partial charge in [0.2, 0.25) is 23.6 Å². The standard InChI is InChI=1S/C36H47N7O5/c1-25(2)22-30-35(47)39-26(3)33(45)37-17-7-8-19-42(32(44)16-21-43-20-9-18-38-43)24-28-12-14-29(15-13-28)34(46)40-31(36(48)41-30)23-27-10-5-4-6-11-27/h4-6,9-15,18,20,25-26,30-31H,7-8,16-17,19,21-24H2,1-3H3,(H,37,45)(H,39,47)(H,40,46)(H,41,48)/t26-,30+,31-/m1/s1.